The van der Waals surface area contributed by atoms with Crippen LogP contribution in [0.5, 0.6) is 0 Å². The largest absolute Gasteiger partial charge is 0.447 e. The van der Waals surface area contributed by atoms with Crippen LogP contribution in [0.3, 0.4) is 0 Å². The van der Waals surface area contributed by atoms with Crippen LogP contribution >= 0.6 is 0 Å². The van der Waals surface area contributed by atoms with Crippen molar-refractivity contribution in [2.24, 2.45) is 5.41 Å². The lowest BCUT2D eigenvalue weighted by molar-refractivity contribution is 0.0399. The predicted molar refractivity (Wildman–Crippen MR) is 132 cm³/mol. The van der Waals surface area contributed by atoms with Crippen LogP contribution < -0.4 is 0 Å². The Hall–Kier alpha value is -3.35. The molecule has 3 aromatic rings. The Morgan fingerprint density at radius 3 is 2.54 bits per heavy atom. The van der Waals surface area contributed by atoms with Gasteiger partial charge in [0.25, 0.3) is 12.3 Å². The first-order valence-corrected chi connectivity index (χ1v) is 14.3. The number of hydrogen-bond donors (Lipinski definition) is 0. The lowest BCUT2D eigenvalue weighted by atomic mass is 9.68. The minimum atomic E-state index is -3.50. The van der Waals surface area contributed by atoms with Crippen LogP contribution in [0.4, 0.5) is 17.6 Å². The molecule has 0 unspecified atom stereocenters. The summed E-state index contributed by atoms with van der Waals surface area (Å²) in [4.78, 5) is 18.3. The normalized spacial score (nSPS) is 21.4. The van der Waals surface area contributed by atoms with Crippen molar-refractivity contribution in [2.75, 3.05) is 19.3 Å². The lowest BCUT2D eigenvalue weighted by Gasteiger charge is -2.41. The van der Waals surface area contributed by atoms with E-state index in [1.807, 2.05) is 13.8 Å². The molecule has 8 nitrogen and oxygen atoms in total. The molecule has 2 atom stereocenters. The third kappa shape index (κ3) is 4.60. The SMILES string of the molecule is CC1(C)[C@H]2CC[C@]1(CN(CC(F)F)C(=O)c1coc(CS(C)(=O)=O)n1)c1nnc(-c3c(F)cccc3F)cc12. The summed E-state index contributed by atoms with van der Waals surface area (Å²) in [6.45, 7) is 2.89. The molecule has 0 N–H and O–H groups in total. The summed E-state index contributed by atoms with van der Waals surface area (Å²) in [5, 5.41) is 8.48. The second-order valence-corrected chi connectivity index (χ2v) is 12.9. The number of carbonyl (C=O) groups is 1. The van der Waals surface area contributed by atoms with Crippen molar-refractivity contribution >= 4 is 15.7 Å². The number of amides is 1. The second-order valence-electron chi connectivity index (χ2n) is 10.8. The summed E-state index contributed by atoms with van der Waals surface area (Å²) >= 11 is 0. The van der Waals surface area contributed by atoms with Crippen LogP contribution in [0.1, 0.15) is 60.2 Å². The van der Waals surface area contributed by atoms with Crippen molar-refractivity contribution in [2.45, 2.75) is 50.2 Å². The summed E-state index contributed by atoms with van der Waals surface area (Å²) in [6.07, 6.45) is 0.268. The van der Waals surface area contributed by atoms with E-state index < -0.39 is 56.9 Å². The van der Waals surface area contributed by atoms with Gasteiger partial charge in [-0.3, -0.25) is 4.79 Å². The van der Waals surface area contributed by atoms with E-state index in [1.54, 1.807) is 6.07 Å². The molecule has 0 saturated heterocycles. The molecule has 2 aliphatic rings. The van der Waals surface area contributed by atoms with E-state index in [0.29, 0.717) is 18.5 Å². The van der Waals surface area contributed by atoms with Crippen molar-refractivity contribution in [3.63, 3.8) is 0 Å². The summed E-state index contributed by atoms with van der Waals surface area (Å²) in [5.41, 5.74) is -0.738. The topological polar surface area (TPSA) is 106 Å². The van der Waals surface area contributed by atoms with Gasteiger partial charge in [0.15, 0.2) is 15.5 Å². The molecule has 13 heteroatoms. The summed E-state index contributed by atoms with van der Waals surface area (Å²) < 4.78 is 84.6. The van der Waals surface area contributed by atoms with Gasteiger partial charge in [-0.15, -0.1) is 0 Å². The minimum Gasteiger partial charge on any atom is -0.447 e. The smallest absolute Gasteiger partial charge is 0.276 e. The number of nitrogens with zero attached hydrogens (tertiary/aromatic N) is 4. The Balaban J connectivity index is 1.52. The summed E-state index contributed by atoms with van der Waals surface area (Å²) in [6, 6.07) is 5.11. The van der Waals surface area contributed by atoms with Crippen molar-refractivity contribution in [3.8, 4) is 11.3 Å². The quantitative estimate of drug-likeness (QED) is 0.369. The molecule has 1 aromatic carbocycles. The van der Waals surface area contributed by atoms with Gasteiger partial charge in [0, 0.05) is 18.2 Å². The van der Waals surface area contributed by atoms with E-state index in [4.69, 9.17) is 4.42 Å². The fraction of sp³-hybridized carbons (Fsp3) is 0.462. The van der Waals surface area contributed by atoms with Crippen molar-refractivity contribution in [1.29, 1.82) is 0 Å². The van der Waals surface area contributed by atoms with Gasteiger partial charge in [-0.25, -0.2) is 31.0 Å². The fourth-order valence-electron chi connectivity index (χ4n) is 6.21. The molecule has 208 valence electrons. The third-order valence-electron chi connectivity index (χ3n) is 8.10. The predicted octanol–water partition coefficient (Wildman–Crippen LogP) is 4.52. The van der Waals surface area contributed by atoms with Gasteiger partial charge in [0.1, 0.15) is 23.7 Å². The first-order valence-electron chi connectivity index (χ1n) is 12.3. The number of alkyl halides is 2. The average Bonchev–Trinajstić information content (AvgIpc) is 3.43. The van der Waals surface area contributed by atoms with E-state index in [2.05, 4.69) is 15.2 Å². The van der Waals surface area contributed by atoms with Gasteiger partial charge in [0.2, 0.25) is 5.89 Å². The van der Waals surface area contributed by atoms with Gasteiger partial charge in [-0.1, -0.05) is 19.9 Å². The lowest BCUT2D eigenvalue weighted by Crippen LogP contribution is -2.49. The number of aromatic nitrogens is 3. The fourth-order valence-corrected chi connectivity index (χ4v) is 6.80. The number of benzene rings is 1. The number of sulfone groups is 1. The zero-order valence-corrected chi connectivity index (χ0v) is 22.2. The molecule has 5 rings (SSSR count). The number of rotatable bonds is 8. The number of carbonyl (C=O) groups excluding carboxylic acids is 1. The number of halogens is 4. The van der Waals surface area contributed by atoms with Crippen molar-refractivity contribution in [3.05, 3.63) is 65.0 Å². The standard InChI is InChI=1S/C26H26F4N4O4S/c1-25(2)15-7-8-26(25,23-14(15)9-18(32-33-23)22-16(27)5-4-6-17(22)28)13-34(10-20(29)30)24(35)19-11-38-21(31-19)12-39(3,36)37/h4-6,9,11,15,20H,7-8,10,12-13H2,1-3H3/t15-,26-/m0/s1. The Bertz CT molecular complexity index is 1540. The van der Waals surface area contributed by atoms with Crippen LogP contribution in [0.15, 0.2) is 34.9 Å². The van der Waals surface area contributed by atoms with Crippen LogP contribution in [0.2, 0.25) is 0 Å². The molecular formula is C26H26F4N4O4S. The minimum absolute atomic E-state index is 0.0318. The molecular weight excluding hydrogens is 540 g/mol. The van der Waals surface area contributed by atoms with Gasteiger partial charge in [0.05, 0.1) is 23.5 Å². The van der Waals surface area contributed by atoms with E-state index >= 15 is 0 Å². The van der Waals surface area contributed by atoms with E-state index in [1.165, 1.54) is 6.07 Å². The molecule has 0 aliphatic heterocycles. The highest BCUT2D eigenvalue weighted by atomic mass is 32.2. The monoisotopic (exact) mass is 566 g/mol. The Kier molecular flexibility index (Phi) is 6.55. The molecule has 0 radical (unpaired) electrons. The maximum atomic E-state index is 14.5. The van der Waals surface area contributed by atoms with E-state index in [-0.39, 0.29) is 35.3 Å². The third-order valence-corrected chi connectivity index (χ3v) is 8.87. The Morgan fingerprint density at radius 1 is 1.21 bits per heavy atom. The molecule has 1 saturated carbocycles. The molecule has 2 heterocycles. The highest BCUT2D eigenvalue weighted by Gasteiger charge is 2.64. The van der Waals surface area contributed by atoms with Gasteiger partial charge in [-0.2, -0.15) is 10.2 Å². The maximum absolute atomic E-state index is 14.5. The van der Waals surface area contributed by atoms with Gasteiger partial charge >= 0.3 is 0 Å². The molecule has 0 spiro atoms. The van der Waals surface area contributed by atoms with Crippen LogP contribution in [-0.2, 0) is 21.0 Å². The Labute approximate surface area is 222 Å². The molecule has 1 amide bonds. The highest BCUT2D eigenvalue weighted by Crippen LogP contribution is 2.67. The molecule has 2 aliphatic carbocycles. The summed E-state index contributed by atoms with van der Waals surface area (Å²) in [5.74, 6) is -3.26. The first kappa shape index (κ1) is 27.2. The Morgan fingerprint density at radius 2 is 1.90 bits per heavy atom. The van der Waals surface area contributed by atoms with Crippen LogP contribution in [0, 0.1) is 17.0 Å². The molecule has 39 heavy (non-hydrogen) atoms. The molecule has 2 aromatic heterocycles. The van der Waals surface area contributed by atoms with Gasteiger partial charge in [-0.05, 0) is 47.9 Å². The second kappa shape index (κ2) is 9.39. The first-order chi connectivity index (χ1) is 18.2. The maximum Gasteiger partial charge on any atom is 0.276 e. The average molecular weight is 567 g/mol. The zero-order valence-electron chi connectivity index (χ0n) is 21.4. The number of fused-ring (bicyclic) bond motifs is 5. The van der Waals surface area contributed by atoms with E-state index in [9.17, 15) is 30.8 Å². The van der Waals surface area contributed by atoms with Crippen molar-refractivity contribution < 1.29 is 35.2 Å². The van der Waals surface area contributed by atoms with Gasteiger partial charge < -0.3 is 9.32 Å². The van der Waals surface area contributed by atoms with Crippen LogP contribution in [0.25, 0.3) is 11.3 Å². The molecule has 2 bridgehead atoms. The number of oxazole rings is 1. The van der Waals surface area contributed by atoms with Crippen LogP contribution in [-0.4, -0.2) is 60.2 Å². The number of hydrogen-bond acceptors (Lipinski definition) is 7. The summed E-state index contributed by atoms with van der Waals surface area (Å²) in [7, 11) is -3.50. The van der Waals surface area contributed by atoms with Crippen molar-refractivity contribution in [1.82, 2.24) is 20.1 Å². The molecule has 1 fully saturated rings. The zero-order chi connectivity index (χ0) is 28.3. The van der Waals surface area contributed by atoms with E-state index in [0.717, 1.165) is 35.1 Å². The highest BCUT2D eigenvalue weighted by molar-refractivity contribution is 7.89.